The van der Waals surface area contributed by atoms with E-state index >= 15 is 0 Å². The van der Waals surface area contributed by atoms with E-state index in [1.807, 2.05) is 26.0 Å². The van der Waals surface area contributed by atoms with Gasteiger partial charge >= 0.3 is 0 Å². The molecule has 0 saturated carbocycles. The molecule has 1 aromatic rings. The van der Waals surface area contributed by atoms with Crippen molar-refractivity contribution in [3.05, 3.63) is 24.3 Å². The molecular formula is C16H25AuN5O3S3-2. The molecule has 8 nitrogen and oxygen atoms in total. The predicted molar refractivity (Wildman–Crippen MR) is 109 cm³/mol. The summed E-state index contributed by atoms with van der Waals surface area (Å²) in [6, 6.07) is 6.51. The Morgan fingerprint density at radius 3 is 2.18 bits per heavy atom. The Labute approximate surface area is 193 Å². The van der Waals surface area contributed by atoms with Gasteiger partial charge in [-0.15, -0.1) is 0 Å². The minimum absolute atomic E-state index is 0. The number of sulfonamides is 1. The molecule has 1 heterocycles. The second-order valence-corrected chi connectivity index (χ2v) is 10.2. The standard InChI is InChI=1S/C16H27N5O3S3.Au/c1-21(2,3)12-15(22)17-18-27(23,24)14-6-4-13(5-7-14)19-8-10-20(11-9-19)16(25)26;/h4-7,16,18H,8-12H2,1-3H3,(H2-,17,22,25,26);/p-2. The summed E-state index contributed by atoms with van der Waals surface area (Å²) in [5, 5.41) is 15.2. The molecule has 1 fully saturated rings. The van der Waals surface area contributed by atoms with Crippen molar-refractivity contribution in [3.63, 3.8) is 0 Å². The van der Waals surface area contributed by atoms with Crippen molar-refractivity contribution >= 4 is 46.9 Å². The Hall–Kier alpha value is -0.400. The maximum absolute atomic E-state index is 12.3. The summed E-state index contributed by atoms with van der Waals surface area (Å²) >= 11 is 10.2. The number of rotatable bonds is 7. The van der Waals surface area contributed by atoms with Crippen LogP contribution in [0.1, 0.15) is 0 Å². The van der Waals surface area contributed by atoms with Crippen molar-refractivity contribution in [2.75, 3.05) is 58.8 Å². The van der Waals surface area contributed by atoms with Crippen LogP contribution in [0.25, 0.3) is 0 Å². The molecule has 12 heteroatoms. The number of hydrazone groups is 1. The first-order chi connectivity index (χ1) is 12.5. The average Bonchev–Trinajstić information content (AvgIpc) is 2.59. The van der Waals surface area contributed by atoms with Crippen molar-refractivity contribution in [1.82, 2.24) is 9.73 Å². The van der Waals surface area contributed by atoms with E-state index in [4.69, 9.17) is 25.3 Å². The van der Waals surface area contributed by atoms with Crippen LogP contribution in [0, 0.1) is 0 Å². The average molecular weight is 629 g/mol. The second kappa shape index (κ2) is 10.6. The fourth-order valence-corrected chi connectivity index (χ4v) is 3.88. The first-order valence-electron chi connectivity index (χ1n) is 8.44. The van der Waals surface area contributed by atoms with E-state index in [1.54, 1.807) is 12.1 Å². The molecule has 1 aliphatic heterocycles. The maximum Gasteiger partial charge on any atom is 0.276 e. The molecule has 0 bridgehead atoms. The van der Waals surface area contributed by atoms with Crippen LogP contribution in [-0.2, 0) is 57.7 Å². The topological polar surface area (TPSA) is 88.1 Å². The van der Waals surface area contributed by atoms with Gasteiger partial charge in [0.1, 0.15) is 6.54 Å². The van der Waals surface area contributed by atoms with Crippen LogP contribution >= 0.6 is 0 Å². The van der Waals surface area contributed by atoms with Crippen LogP contribution in [0.5, 0.6) is 0 Å². The number of quaternary nitrogens is 1. The molecule has 0 aliphatic carbocycles. The third-order valence-electron chi connectivity index (χ3n) is 4.02. The van der Waals surface area contributed by atoms with Crippen molar-refractivity contribution in [2.45, 2.75) is 9.60 Å². The quantitative estimate of drug-likeness (QED) is 0.102. The minimum Gasteiger partial charge on any atom is -0.857 e. The fraction of sp³-hybridized carbons (Fsp3) is 0.562. The number of benzene rings is 1. The van der Waals surface area contributed by atoms with E-state index in [0.29, 0.717) is 4.48 Å². The number of anilines is 1. The van der Waals surface area contributed by atoms with Gasteiger partial charge in [-0.3, -0.25) is 0 Å². The molecule has 0 unspecified atom stereocenters. The van der Waals surface area contributed by atoms with E-state index in [0.717, 1.165) is 31.9 Å². The van der Waals surface area contributed by atoms with E-state index < -0.39 is 15.9 Å². The zero-order chi connectivity index (χ0) is 20.2. The summed E-state index contributed by atoms with van der Waals surface area (Å²) in [6.45, 7) is 3.23. The van der Waals surface area contributed by atoms with Gasteiger partial charge in [-0.05, 0) is 24.3 Å². The fourth-order valence-electron chi connectivity index (χ4n) is 2.63. The summed E-state index contributed by atoms with van der Waals surface area (Å²) in [6.07, 6.45) is 0. The molecule has 0 amide bonds. The van der Waals surface area contributed by atoms with Gasteiger partial charge < -0.3 is 44.6 Å². The smallest absolute Gasteiger partial charge is 0.276 e. The summed E-state index contributed by atoms with van der Waals surface area (Å²) in [5.74, 6) is -0.526. The monoisotopic (exact) mass is 628 g/mol. The number of likely N-dealkylation sites (N-methyl/N-ethyl adjacent to an activating group) is 1. The summed E-state index contributed by atoms with van der Waals surface area (Å²) in [4.78, 5) is 6.28. The number of piperazine rings is 1. The first kappa shape index (κ1) is 25.6. The minimum atomic E-state index is -3.88. The summed E-state index contributed by atoms with van der Waals surface area (Å²) in [5.41, 5.74) is 0.928. The van der Waals surface area contributed by atoms with Gasteiger partial charge in [-0.25, -0.2) is 9.54 Å². The Morgan fingerprint density at radius 1 is 1.18 bits per heavy atom. The first-order valence-corrected chi connectivity index (χ1v) is 10.9. The van der Waals surface area contributed by atoms with Crippen LogP contribution in [0.15, 0.2) is 34.3 Å². The molecule has 1 radical (unpaired) electrons. The van der Waals surface area contributed by atoms with Crippen molar-refractivity contribution in [2.24, 2.45) is 5.10 Å². The van der Waals surface area contributed by atoms with Crippen molar-refractivity contribution in [1.29, 1.82) is 0 Å². The number of nitrogens with zero attached hydrogens (tertiary/aromatic N) is 4. The van der Waals surface area contributed by atoms with Gasteiger partial charge in [0.2, 0.25) is 0 Å². The molecule has 1 aromatic carbocycles. The van der Waals surface area contributed by atoms with Gasteiger partial charge in [0.25, 0.3) is 10.0 Å². The number of nitrogens with one attached hydrogen (secondary N) is 1. The van der Waals surface area contributed by atoms with Gasteiger partial charge in [0, 0.05) is 60.1 Å². The molecule has 28 heavy (non-hydrogen) atoms. The molecule has 163 valence electrons. The normalized spacial score (nSPS) is 16.8. The molecule has 1 N–H and O–H groups in total. The van der Waals surface area contributed by atoms with Crippen LogP contribution in [0.3, 0.4) is 0 Å². The predicted octanol–water partition coefficient (Wildman–Crippen LogP) is -1.16. The Balaban J connectivity index is 0.00000392. The van der Waals surface area contributed by atoms with Crippen LogP contribution in [0.2, 0.25) is 0 Å². The van der Waals surface area contributed by atoms with E-state index in [2.05, 4.69) is 14.9 Å². The number of hydrogen-bond acceptors (Lipinski definition) is 8. The third kappa shape index (κ3) is 7.79. The third-order valence-corrected chi connectivity index (χ3v) is 5.85. The van der Waals surface area contributed by atoms with Crippen LogP contribution < -0.4 is 14.8 Å². The van der Waals surface area contributed by atoms with Crippen molar-refractivity contribution < 1.29 is 40.4 Å². The summed E-state index contributed by atoms with van der Waals surface area (Å²) < 4.78 is 24.7. The molecule has 0 aromatic heterocycles. The van der Waals surface area contributed by atoms with E-state index in [1.165, 1.54) is 12.1 Å². The Morgan fingerprint density at radius 2 is 1.71 bits per heavy atom. The van der Waals surface area contributed by atoms with E-state index in [-0.39, 0.29) is 38.5 Å². The van der Waals surface area contributed by atoms with Crippen LogP contribution in [0.4, 0.5) is 5.69 Å². The van der Waals surface area contributed by atoms with Gasteiger partial charge in [-0.1, -0.05) is 0 Å². The molecule has 0 spiro atoms. The zero-order valence-electron chi connectivity index (χ0n) is 16.0. The van der Waals surface area contributed by atoms with Gasteiger partial charge in [-0.2, -0.15) is 13.5 Å². The van der Waals surface area contributed by atoms with Crippen LogP contribution in [-0.4, -0.2) is 82.3 Å². The molecular weight excluding hydrogens is 603 g/mol. The molecule has 0 atom stereocenters. The maximum atomic E-state index is 12.3. The zero-order valence-corrected chi connectivity index (χ0v) is 20.6. The summed E-state index contributed by atoms with van der Waals surface area (Å²) in [7, 11) is 1.59. The SMILES string of the molecule is C[N+](C)(C)CC([O-])=NNS(=O)(=O)c1ccc(N2CCN(C([S-])[S-])CC2)cc1.[Au]. The largest absolute Gasteiger partial charge is 0.857 e. The van der Waals surface area contributed by atoms with E-state index in [9.17, 15) is 13.5 Å². The van der Waals surface area contributed by atoms with Crippen molar-refractivity contribution in [3.8, 4) is 0 Å². The number of hydrogen-bond donors (Lipinski definition) is 1. The Bertz CT molecular complexity index is 759. The molecule has 1 saturated heterocycles. The van der Waals surface area contributed by atoms with Gasteiger partial charge in [0.05, 0.1) is 26.0 Å². The second-order valence-electron chi connectivity index (χ2n) is 7.37. The van der Waals surface area contributed by atoms with Gasteiger partial charge in [0.15, 0.2) is 0 Å². The Kier molecular flexibility index (Phi) is 9.68. The molecule has 1 aliphatic rings. The molecule has 2 rings (SSSR count).